The molecule has 2 bridgehead atoms. The van der Waals surface area contributed by atoms with Crippen molar-refractivity contribution in [1.82, 2.24) is 34.0 Å². The van der Waals surface area contributed by atoms with E-state index in [0.717, 1.165) is 91.4 Å². The molecule has 4 aliphatic rings. The summed E-state index contributed by atoms with van der Waals surface area (Å²) in [6.45, 7) is 4.11. The van der Waals surface area contributed by atoms with Crippen LogP contribution in [0.15, 0.2) is 55.0 Å². The van der Waals surface area contributed by atoms with Gasteiger partial charge >= 0.3 is 0 Å². The van der Waals surface area contributed by atoms with Crippen LogP contribution in [0.5, 0.6) is 5.75 Å². The second-order valence-electron chi connectivity index (χ2n) is 14.2. The first kappa shape index (κ1) is 29.9. The Morgan fingerprint density at radius 2 is 1.71 bits per heavy atom. The Hall–Kier alpha value is -4.16. The van der Waals surface area contributed by atoms with E-state index < -0.39 is 4.87 Å². The van der Waals surface area contributed by atoms with E-state index in [0.29, 0.717) is 29.7 Å². The van der Waals surface area contributed by atoms with Crippen molar-refractivity contribution in [2.24, 2.45) is 23.5 Å². The van der Waals surface area contributed by atoms with Crippen molar-refractivity contribution in [3.63, 3.8) is 0 Å². The van der Waals surface area contributed by atoms with Crippen molar-refractivity contribution >= 4 is 46.6 Å². The van der Waals surface area contributed by atoms with E-state index in [9.17, 15) is 4.79 Å². The Balaban J connectivity index is 1.13. The van der Waals surface area contributed by atoms with Crippen LogP contribution in [-0.2, 0) is 13.1 Å². The molecule has 1 amide bonds. The van der Waals surface area contributed by atoms with Gasteiger partial charge in [0.05, 0.1) is 29.2 Å². The Morgan fingerprint density at radius 3 is 2.42 bits per heavy atom. The molecule has 11 nitrogen and oxygen atoms in total. The van der Waals surface area contributed by atoms with E-state index in [2.05, 4.69) is 36.1 Å². The predicted molar refractivity (Wildman–Crippen MR) is 188 cm³/mol. The number of methoxy groups -OCH3 is 1. The summed E-state index contributed by atoms with van der Waals surface area (Å²) in [6.07, 6.45) is 11.8. The summed E-state index contributed by atoms with van der Waals surface area (Å²) in [5.74, 6) is 3.56. The molecule has 0 spiro atoms. The number of hydrogen-bond acceptors (Lipinski definition) is 9. The van der Waals surface area contributed by atoms with Crippen LogP contribution in [0.25, 0.3) is 33.6 Å². The minimum absolute atomic E-state index is 0.0371. The number of imidazole rings is 1. The lowest BCUT2D eigenvalue weighted by Crippen LogP contribution is -2.47. The Bertz CT molecular complexity index is 2010. The van der Waals surface area contributed by atoms with E-state index >= 15 is 0 Å². The lowest BCUT2D eigenvalue weighted by molar-refractivity contribution is 0.0698. The average Bonchev–Trinajstić information content (AvgIpc) is 3.58. The predicted octanol–water partition coefficient (Wildman–Crippen LogP) is 5.00. The summed E-state index contributed by atoms with van der Waals surface area (Å²) < 4.78 is 10.8. The maximum Gasteiger partial charge on any atom is 0.254 e. The second kappa shape index (κ2) is 11.5. The third kappa shape index (κ3) is 4.94. The number of anilines is 1. The monoisotopic (exact) mass is 663 g/mol. The van der Waals surface area contributed by atoms with Crippen LogP contribution >= 0.6 is 12.6 Å². The van der Waals surface area contributed by atoms with Gasteiger partial charge in [0.1, 0.15) is 16.9 Å². The van der Waals surface area contributed by atoms with Crippen molar-refractivity contribution < 1.29 is 9.53 Å². The molecule has 2 saturated carbocycles. The fourth-order valence-corrected chi connectivity index (χ4v) is 8.90. The summed E-state index contributed by atoms with van der Waals surface area (Å²) in [6, 6.07) is 12.0. The summed E-state index contributed by atoms with van der Waals surface area (Å²) >= 11 is 4.80. The van der Waals surface area contributed by atoms with Crippen molar-refractivity contribution in [3.8, 4) is 17.3 Å². The molecule has 2 N–H and O–H groups in total. The molecule has 3 atom stereocenters. The number of carbonyl (C=O) groups excluding carboxylic acids is 1. The number of rotatable bonds is 8. The molecule has 1 aromatic carbocycles. The molecule has 2 saturated heterocycles. The second-order valence-corrected chi connectivity index (χ2v) is 15.0. The first-order valence-electron chi connectivity index (χ1n) is 17.3. The van der Waals surface area contributed by atoms with Gasteiger partial charge in [0.25, 0.3) is 5.91 Å². The Labute approximate surface area is 284 Å². The van der Waals surface area contributed by atoms with Crippen LogP contribution in [0.4, 0.5) is 5.95 Å². The number of likely N-dealkylation sites (tertiary alicyclic amines) is 1. The number of piperidine rings is 2. The number of fused-ring (bicyclic) bond motifs is 4. The lowest BCUT2D eigenvalue weighted by atomic mass is 9.96. The largest absolute Gasteiger partial charge is 0.494 e. The molecular weight excluding hydrogens is 623 g/mol. The molecule has 4 aromatic heterocycles. The van der Waals surface area contributed by atoms with Gasteiger partial charge in [-0.2, -0.15) is 12.6 Å². The zero-order valence-corrected chi connectivity index (χ0v) is 28.1. The highest BCUT2D eigenvalue weighted by Crippen LogP contribution is 2.47. The van der Waals surface area contributed by atoms with E-state index in [-0.39, 0.29) is 17.9 Å². The molecule has 6 heterocycles. The highest BCUT2D eigenvalue weighted by molar-refractivity contribution is 7.81. The minimum Gasteiger partial charge on any atom is -0.494 e. The normalized spacial score (nSPS) is 24.3. The van der Waals surface area contributed by atoms with E-state index in [4.69, 9.17) is 33.1 Å². The zero-order valence-electron chi connectivity index (χ0n) is 27.2. The van der Waals surface area contributed by atoms with Gasteiger partial charge < -0.3 is 29.4 Å². The van der Waals surface area contributed by atoms with Gasteiger partial charge in [0.2, 0.25) is 5.95 Å². The van der Waals surface area contributed by atoms with Crippen LogP contribution in [0.2, 0.25) is 0 Å². The summed E-state index contributed by atoms with van der Waals surface area (Å²) in [7, 11) is 1.68. The molecule has 0 radical (unpaired) electrons. The van der Waals surface area contributed by atoms with Crippen molar-refractivity contribution in [2.45, 2.75) is 62.5 Å². The first-order chi connectivity index (χ1) is 23.4. The van der Waals surface area contributed by atoms with Crippen molar-refractivity contribution in [2.75, 3.05) is 31.6 Å². The van der Waals surface area contributed by atoms with Gasteiger partial charge in [-0.3, -0.25) is 4.79 Å². The summed E-state index contributed by atoms with van der Waals surface area (Å²) in [5.41, 5.74) is 10.9. The number of carbonyl (C=O) groups is 1. The van der Waals surface area contributed by atoms with Crippen LogP contribution in [0.3, 0.4) is 0 Å². The van der Waals surface area contributed by atoms with Gasteiger partial charge in [0, 0.05) is 68.2 Å². The minimum atomic E-state index is -0.649. The summed E-state index contributed by atoms with van der Waals surface area (Å²) in [5, 5.41) is 1.10. The number of benzene rings is 1. The molecule has 5 aromatic rings. The molecular formula is C36H41N9O2S. The molecule has 2 unspecified atom stereocenters. The molecule has 48 heavy (non-hydrogen) atoms. The van der Waals surface area contributed by atoms with Crippen LogP contribution < -0.4 is 15.4 Å². The molecule has 9 rings (SSSR count). The smallest absolute Gasteiger partial charge is 0.254 e. The topological polar surface area (TPSA) is 120 Å². The molecule has 2 aliphatic carbocycles. The fourth-order valence-electron chi connectivity index (χ4n) is 8.42. The Kier molecular flexibility index (Phi) is 7.16. The number of nitrogens with two attached hydrogens (primary N) is 1. The number of amides is 1. The standard InChI is InChI=1S/C36H41N9O2S/c1-47-29-18-25(34(46)44-21-26-7-8-30(44)36(26,37)48)16-27-31(29)45(20-23-9-14-42(15-10-23)35-39-12-3-13-40-35)33(41-27)28-17-24-4-2-11-38-32(24)43(28)19-22-5-6-22/h2-4,11-13,16-18,22-23,26,30,48H,5-10,14-15,19-21,37H2,1H3/t26?,30?,36-/m1/s1. The number of ether oxygens (including phenoxy) is 1. The van der Waals surface area contributed by atoms with Crippen molar-refractivity contribution in [3.05, 3.63) is 60.6 Å². The SMILES string of the molecule is COc1cc(C(=O)N2CC3CCC2[C@]3(N)S)cc2nc(-c3cc4cccnc4n3CC3CC3)n(CC3CCN(c4ncccn4)CC3)c12. The number of thiol groups is 1. The van der Waals surface area contributed by atoms with Gasteiger partial charge in [0.15, 0.2) is 5.82 Å². The van der Waals surface area contributed by atoms with E-state index in [1.807, 2.05) is 35.4 Å². The summed E-state index contributed by atoms with van der Waals surface area (Å²) in [4.78, 5) is 36.7. The third-order valence-corrected chi connectivity index (χ3v) is 11.9. The maximum absolute atomic E-state index is 14.1. The molecule has 248 valence electrons. The van der Waals surface area contributed by atoms with Gasteiger partial charge in [-0.25, -0.2) is 19.9 Å². The maximum atomic E-state index is 14.1. The molecule has 12 heteroatoms. The van der Waals surface area contributed by atoms with Crippen LogP contribution in [-0.4, -0.2) is 77.5 Å². The molecule has 4 fully saturated rings. The van der Waals surface area contributed by atoms with Crippen LogP contribution in [0, 0.1) is 17.8 Å². The van der Waals surface area contributed by atoms with E-state index in [1.165, 1.54) is 12.8 Å². The number of pyridine rings is 1. The fraction of sp³-hybridized carbons (Fsp3) is 0.472. The third-order valence-electron chi connectivity index (χ3n) is 11.2. The average molecular weight is 664 g/mol. The number of hydrogen-bond donors (Lipinski definition) is 2. The molecule has 2 aliphatic heterocycles. The highest BCUT2D eigenvalue weighted by Gasteiger charge is 2.55. The highest BCUT2D eigenvalue weighted by atomic mass is 32.1. The van der Waals surface area contributed by atoms with E-state index in [1.54, 1.807) is 19.5 Å². The number of aromatic nitrogens is 6. The Morgan fingerprint density at radius 1 is 0.958 bits per heavy atom. The van der Waals surface area contributed by atoms with Gasteiger partial charge in [-0.1, -0.05) is 0 Å². The van der Waals surface area contributed by atoms with Gasteiger partial charge in [-0.05, 0) is 86.8 Å². The van der Waals surface area contributed by atoms with Crippen LogP contribution in [0.1, 0.15) is 48.9 Å². The first-order valence-corrected chi connectivity index (χ1v) is 17.7. The van der Waals surface area contributed by atoms with Gasteiger partial charge in [-0.15, -0.1) is 0 Å². The zero-order chi connectivity index (χ0) is 32.6. The van der Waals surface area contributed by atoms with Crippen molar-refractivity contribution in [1.29, 1.82) is 0 Å². The quantitative estimate of drug-likeness (QED) is 0.176. The number of nitrogens with zero attached hydrogens (tertiary/aromatic N) is 8. The lowest BCUT2D eigenvalue weighted by Gasteiger charge is -2.32.